The molecule has 2 aromatic carbocycles. The van der Waals surface area contributed by atoms with E-state index in [-0.39, 0.29) is 5.75 Å². The number of rotatable bonds is 11. The Morgan fingerprint density at radius 1 is 1.03 bits per heavy atom. The molecule has 0 unspecified atom stereocenters. The molecule has 0 amide bonds. The van der Waals surface area contributed by atoms with Gasteiger partial charge in [-0.2, -0.15) is 12.6 Å². The Balaban J connectivity index is 1.98. The Morgan fingerprint density at radius 3 is 2.28 bits per heavy atom. The van der Waals surface area contributed by atoms with E-state index in [1.807, 2.05) is 6.07 Å². The van der Waals surface area contributed by atoms with Gasteiger partial charge in [-0.05, 0) is 49.8 Å². The van der Waals surface area contributed by atoms with Crippen molar-refractivity contribution in [2.45, 2.75) is 39.2 Å². The number of carboxylic acid groups (broad SMARTS) is 1. The maximum Gasteiger partial charge on any atom is 0.321 e. The van der Waals surface area contributed by atoms with E-state index in [0.717, 1.165) is 19.3 Å². The standard InChI is InChI=1S/C25H31NO2S/c1-19(2)8-9-21(16-17-26-24(18-29)25(27)28)11-10-20-12-14-23(15-13-20)22-6-4-3-5-7-22/h3-8,12-16,24,26,29H,9-11,17-18H2,1-2H3,(H,27,28)/t24-/m0/s1. The number of thiol groups is 1. The van der Waals surface area contributed by atoms with E-state index in [1.54, 1.807) is 0 Å². The van der Waals surface area contributed by atoms with Gasteiger partial charge < -0.3 is 10.4 Å². The van der Waals surface area contributed by atoms with Gasteiger partial charge in [0.1, 0.15) is 6.04 Å². The van der Waals surface area contributed by atoms with Gasteiger partial charge in [0.05, 0.1) is 0 Å². The smallest absolute Gasteiger partial charge is 0.321 e. The lowest BCUT2D eigenvalue weighted by molar-refractivity contribution is -0.138. The summed E-state index contributed by atoms with van der Waals surface area (Å²) in [5.41, 5.74) is 6.36. The van der Waals surface area contributed by atoms with E-state index in [2.05, 4.69) is 92.5 Å². The summed E-state index contributed by atoms with van der Waals surface area (Å²) in [6, 6.07) is 18.5. The first-order valence-corrected chi connectivity index (χ1v) is 10.7. The van der Waals surface area contributed by atoms with Gasteiger partial charge in [-0.3, -0.25) is 4.79 Å². The molecule has 2 N–H and O–H groups in total. The Hall–Kier alpha value is -2.30. The SMILES string of the molecule is CC(C)=CCC(=CCN[C@@H](CS)C(=O)O)CCc1ccc(-c2ccccc2)cc1. The molecular formula is C25H31NO2S. The number of hydrogen-bond acceptors (Lipinski definition) is 3. The highest BCUT2D eigenvalue weighted by molar-refractivity contribution is 7.80. The predicted molar refractivity (Wildman–Crippen MR) is 126 cm³/mol. The molecule has 3 nitrogen and oxygen atoms in total. The van der Waals surface area contributed by atoms with Crippen LogP contribution < -0.4 is 5.32 Å². The molecule has 2 rings (SSSR count). The van der Waals surface area contributed by atoms with Gasteiger partial charge >= 0.3 is 5.97 Å². The molecule has 154 valence electrons. The minimum Gasteiger partial charge on any atom is -0.480 e. The van der Waals surface area contributed by atoms with Crippen molar-refractivity contribution in [3.63, 3.8) is 0 Å². The van der Waals surface area contributed by atoms with Crippen LogP contribution in [-0.2, 0) is 11.2 Å². The summed E-state index contributed by atoms with van der Waals surface area (Å²) in [6.07, 6.45) is 7.15. The molecule has 2 aromatic rings. The highest BCUT2D eigenvalue weighted by atomic mass is 32.1. The molecular weight excluding hydrogens is 378 g/mol. The lowest BCUT2D eigenvalue weighted by Gasteiger charge is -2.11. The fraction of sp³-hybridized carbons (Fsp3) is 0.320. The van der Waals surface area contributed by atoms with E-state index in [0.29, 0.717) is 6.54 Å². The van der Waals surface area contributed by atoms with E-state index in [4.69, 9.17) is 5.11 Å². The third kappa shape index (κ3) is 8.30. The molecule has 1 atom stereocenters. The molecule has 0 aliphatic rings. The van der Waals surface area contributed by atoms with Crippen LogP contribution in [0.3, 0.4) is 0 Å². The Labute approximate surface area is 180 Å². The van der Waals surface area contributed by atoms with Crippen molar-refractivity contribution >= 4 is 18.6 Å². The van der Waals surface area contributed by atoms with Gasteiger partial charge in [0, 0.05) is 12.3 Å². The zero-order valence-corrected chi connectivity index (χ0v) is 18.2. The van der Waals surface area contributed by atoms with Crippen molar-refractivity contribution < 1.29 is 9.90 Å². The van der Waals surface area contributed by atoms with Crippen LogP contribution in [0, 0.1) is 0 Å². The molecule has 0 saturated carbocycles. The van der Waals surface area contributed by atoms with Crippen LogP contribution in [-0.4, -0.2) is 29.4 Å². The summed E-state index contributed by atoms with van der Waals surface area (Å²) in [5.74, 6) is -0.585. The van der Waals surface area contributed by atoms with E-state index in [9.17, 15) is 4.79 Å². The van der Waals surface area contributed by atoms with Crippen LogP contribution in [0.15, 0.2) is 77.9 Å². The number of benzene rings is 2. The monoisotopic (exact) mass is 409 g/mol. The van der Waals surface area contributed by atoms with Crippen LogP contribution >= 0.6 is 12.6 Å². The first-order valence-electron chi connectivity index (χ1n) is 10.0. The normalized spacial score (nSPS) is 12.4. The third-order valence-corrected chi connectivity index (χ3v) is 5.17. The second kappa shape index (κ2) is 12.3. The van der Waals surface area contributed by atoms with Crippen molar-refractivity contribution in [3.8, 4) is 11.1 Å². The van der Waals surface area contributed by atoms with Crippen molar-refractivity contribution in [1.29, 1.82) is 0 Å². The molecule has 0 radical (unpaired) electrons. The van der Waals surface area contributed by atoms with Gasteiger partial charge in [0.25, 0.3) is 0 Å². The summed E-state index contributed by atoms with van der Waals surface area (Å²) in [7, 11) is 0. The maximum absolute atomic E-state index is 11.1. The lowest BCUT2D eigenvalue weighted by Crippen LogP contribution is -2.38. The van der Waals surface area contributed by atoms with Gasteiger partial charge in [-0.15, -0.1) is 0 Å². The van der Waals surface area contributed by atoms with E-state index in [1.165, 1.54) is 27.8 Å². The van der Waals surface area contributed by atoms with Gasteiger partial charge in [-0.25, -0.2) is 0 Å². The van der Waals surface area contributed by atoms with Crippen molar-refractivity contribution in [3.05, 3.63) is 83.5 Å². The summed E-state index contributed by atoms with van der Waals surface area (Å²) in [5, 5.41) is 12.2. The molecule has 29 heavy (non-hydrogen) atoms. The molecule has 0 saturated heterocycles. The molecule has 0 fully saturated rings. The van der Waals surface area contributed by atoms with Crippen LogP contribution in [0.4, 0.5) is 0 Å². The number of carbonyl (C=O) groups is 1. The molecule has 0 aliphatic heterocycles. The largest absolute Gasteiger partial charge is 0.480 e. The van der Waals surface area contributed by atoms with Gasteiger partial charge in [0.15, 0.2) is 0 Å². The van der Waals surface area contributed by atoms with Crippen LogP contribution in [0.1, 0.15) is 32.3 Å². The summed E-state index contributed by atoms with van der Waals surface area (Å²) in [4.78, 5) is 11.1. The number of aliphatic carboxylic acids is 1. The number of nitrogens with one attached hydrogen (secondary N) is 1. The van der Waals surface area contributed by atoms with Gasteiger partial charge in [-0.1, -0.05) is 77.9 Å². The molecule has 0 heterocycles. The highest BCUT2D eigenvalue weighted by Gasteiger charge is 2.13. The molecule has 0 spiro atoms. The van der Waals surface area contributed by atoms with Crippen molar-refractivity contribution in [2.24, 2.45) is 0 Å². The fourth-order valence-corrected chi connectivity index (χ4v) is 3.28. The number of hydrogen-bond donors (Lipinski definition) is 3. The average molecular weight is 410 g/mol. The van der Waals surface area contributed by atoms with E-state index < -0.39 is 12.0 Å². The topological polar surface area (TPSA) is 49.3 Å². The minimum atomic E-state index is -0.863. The van der Waals surface area contributed by atoms with Gasteiger partial charge in [0.2, 0.25) is 0 Å². The Kier molecular flexibility index (Phi) is 9.75. The summed E-state index contributed by atoms with van der Waals surface area (Å²) in [6.45, 7) is 4.73. The zero-order valence-electron chi connectivity index (χ0n) is 17.3. The van der Waals surface area contributed by atoms with Crippen LogP contribution in [0.2, 0.25) is 0 Å². The third-order valence-electron chi connectivity index (χ3n) is 4.80. The van der Waals surface area contributed by atoms with Crippen molar-refractivity contribution in [1.82, 2.24) is 5.32 Å². The second-order valence-electron chi connectivity index (χ2n) is 7.39. The maximum atomic E-state index is 11.1. The van der Waals surface area contributed by atoms with Crippen LogP contribution in [0.25, 0.3) is 11.1 Å². The quantitative estimate of drug-likeness (QED) is 0.337. The Morgan fingerprint density at radius 2 is 1.69 bits per heavy atom. The average Bonchev–Trinajstić information content (AvgIpc) is 2.73. The summed E-state index contributed by atoms with van der Waals surface area (Å²) < 4.78 is 0. The molecule has 0 aromatic heterocycles. The minimum absolute atomic E-state index is 0.278. The molecule has 0 bridgehead atoms. The fourth-order valence-electron chi connectivity index (χ4n) is 3.00. The molecule has 4 heteroatoms. The summed E-state index contributed by atoms with van der Waals surface area (Å²) >= 11 is 4.10. The highest BCUT2D eigenvalue weighted by Crippen LogP contribution is 2.21. The lowest BCUT2D eigenvalue weighted by atomic mass is 9.98. The van der Waals surface area contributed by atoms with E-state index >= 15 is 0 Å². The predicted octanol–water partition coefficient (Wildman–Crippen LogP) is 5.54. The molecule has 0 aliphatic carbocycles. The second-order valence-corrected chi connectivity index (χ2v) is 7.76. The first-order chi connectivity index (χ1) is 14.0. The van der Waals surface area contributed by atoms with Crippen molar-refractivity contribution in [2.75, 3.05) is 12.3 Å². The Bertz CT molecular complexity index is 822. The zero-order chi connectivity index (χ0) is 21.1. The number of carboxylic acids is 1. The number of allylic oxidation sites excluding steroid dienone is 3. The number of aryl methyl sites for hydroxylation is 1. The van der Waals surface area contributed by atoms with Crippen LogP contribution in [0.5, 0.6) is 0 Å². The first kappa shape index (κ1) is 23.0.